The third kappa shape index (κ3) is 9.52. The third-order valence-corrected chi connectivity index (χ3v) is 13.7. The summed E-state index contributed by atoms with van der Waals surface area (Å²) < 4.78 is 89.8. The fourth-order valence-corrected chi connectivity index (χ4v) is 9.26. The number of benzene rings is 2. The van der Waals surface area contributed by atoms with Gasteiger partial charge in [-0.3, -0.25) is 34.1 Å². The van der Waals surface area contributed by atoms with Crippen LogP contribution in [0.15, 0.2) is 73.2 Å². The first-order valence-corrected chi connectivity index (χ1v) is 22.5. The minimum absolute atomic E-state index is 0.0836. The Labute approximate surface area is 371 Å². The van der Waals surface area contributed by atoms with Crippen molar-refractivity contribution < 1.29 is 45.2 Å². The number of aromatic nitrogens is 3. The summed E-state index contributed by atoms with van der Waals surface area (Å²) in [6, 6.07) is 12.9. The molecule has 4 N–H and O–H groups in total. The second-order valence-electron chi connectivity index (χ2n) is 16.3. The number of piperidine rings is 2. The van der Waals surface area contributed by atoms with Crippen LogP contribution in [0.3, 0.4) is 0 Å². The van der Waals surface area contributed by atoms with Crippen molar-refractivity contribution >= 4 is 61.9 Å². The Hall–Kier alpha value is -6.45. The minimum Gasteiger partial charge on any atom is -0.374 e. The number of amides is 3. The van der Waals surface area contributed by atoms with Gasteiger partial charge in [0.1, 0.15) is 23.3 Å². The van der Waals surface area contributed by atoms with Crippen LogP contribution in [0.4, 0.5) is 34.8 Å². The van der Waals surface area contributed by atoms with Crippen molar-refractivity contribution in [3.8, 4) is 11.1 Å². The van der Waals surface area contributed by atoms with Gasteiger partial charge in [-0.1, -0.05) is 19.1 Å². The molecule has 2 aromatic carbocycles. The quantitative estimate of drug-likeness (QED) is 0.0725. The van der Waals surface area contributed by atoms with Gasteiger partial charge in [0.25, 0.3) is 5.92 Å². The van der Waals surface area contributed by atoms with E-state index in [0.717, 1.165) is 16.4 Å². The summed E-state index contributed by atoms with van der Waals surface area (Å²) in [5.74, 6) is -8.02. The van der Waals surface area contributed by atoms with Gasteiger partial charge in [-0.25, -0.2) is 27.5 Å². The normalized spacial score (nSPS) is 19.4. The standard InChI is InChI=1S/C44H46F4N10O6S/c1-3-55(2)65(63,64)54-34-10-9-33(45)39(40(34)46)41(61)31-23-51-42-30(31)20-28(22-50-42)27-6-12-36(49-21-27)57-16-18-58(19-17-57)38(60)24-56-15-14-32(44(47,48)25-56)26-4-7-29(8-5-26)52-35-11-13-37(59)53-43(35)62/h4-10,12,20-23,32,35,52,54H,3,11,13-19,24-25H2,1-2H3,(H,50,51)(H,53,59,62)/t32-,35-/m0/s1. The van der Waals surface area contributed by atoms with Crippen LogP contribution in [0.5, 0.6) is 0 Å². The fraction of sp³-hybridized carbons (Fsp3) is 0.364. The maximum absolute atomic E-state index is 15.6. The number of alkyl halides is 2. The van der Waals surface area contributed by atoms with Gasteiger partial charge in [-0.05, 0) is 67.4 Å². The molecule has 16 nitrogen and oxygen atoms in total. The molecule has 0 unspecified atom stereocenters. The highest BCUT2D eigenvalue weighted by Crippen LogP contribution is 2.41. The van der Waals surface area contributed by atoms with E-state index in [1.807, 2.05) is 4.90 Å². The molecule has 0 bridgehead atoms. The van der Waals surface area contributed by atoms with Crippen LogP contribution in [0, 0.1) is 11.6 Å². The van der Waals surface area contributed by atoms with E-state index in [1.165, 1.54) is 18.1 Å². The van der Waals surface area contributed by atoms with E-state index in [-0.39, 0.29) is 54.3 Å². The fourth-order valence-electron chi connectivity index (χ4n) is 8.33. The molecule has 6 heterocycles. The number of anilines is 3. The van der Waals surface area contributed by atoms with E-state index >= 15 is 17.6 Å². The molecule has 0 radical (unpaired) electrons. The number of aromatic amines is 1. The number of fused-ring (bicyclic) bond motifs is 1. The summed E-state index contributed by atoms with van der Waals surface area (Å²) in [4.78, 5) is 67.5. The zero-order chi connectivity index (χ0) is 46.2. The lowest BCUT2D eigenvalue weighted by Crippen LogP contribution is -2.54. The lowest BCUT2D eigenvalue weighted by Gasteiger charge is -2.40. The van der Waals surface area contributed by atoms with Gasteiger partial charge in [0.2, 0.25) is 23.5 Å². The molecule has 0 spiro atoms. The van der Waals surface area contributed by atoms with Gasteiger partial charge in [0.15, 0.2) is 5.82 Å². The maximum Gasteiger partial charge on any atom is 0.301 e. The number of rotatable bonds is 13. The van der Waals surface area contributed by atoms with Crippen LogP contribution in [0.1, 0.15) is 53.6 Å². The molecule has 21 heteroatoms. The molecule has 0 aliphatic carbocycles. The van der Waals surface area contributed by atoms with Crippen molar-refractivity contribution in [1.82, 2.24) is 34.4 Å². The number of hydrogen-bond acceptors (Lipinski definition) is 11. The number of hydrogen-bond donors (Lipinski definition) is 4. The van der Waals surface area contributed by atoms with Crippen molar-refractivity contribution in [2.45, 2.75) is 44.1 Å². The van der Waals surface area contributed by atoms with Gasteiger partial charge in [0, 0.05) is 92.5 Å². The lowest BCUT2D eigenvalue weighted by atomic mass is 9.86. The molecule has 3 fully saturated rings. The SMILES string of the molecule is CCN(C)S(=O)(=O)Nc1ccc(F)c(C(=O)c2c[nH]c3ncc(-c4ccc(N5CCN(C(=O)CN6CC[C@@H](c7ccc(N[C@H]8CCC(=O)NC8=O)cc7)C(F)(F)C6)CC5)nc4)cc23)c1F. The number of ketones is 1. The Bertz CT molecular complexity index is 2750. The smallest absolute Gasteiger partial charge is 0.301 e. The Morgan fingerprint density at radius 3 is 2.35 bits per heavy atom. The van der Waals surface area contributed by atoms with Crippen molar-refractivity contribution in [2.75, 3.05) is 74.3 Å². The van der Waals surface area contributed by atoms with E-state index in [4.69, 9.17) is 0 Å². The van der Waals surface area contributed by atoms with Crippen molar-refractivity contribution in [2.24, 2.45) is 0 Å². The van der Waals surface area contributed by atoms with Crippen LogP contribution in [0.25, 0.3) is 22.2 Å². The highest BCUT2D eigenvalue weighted by Gasteiger charge is 2.46. The van der Waals surface area contributed by atoms with Gasteiger partial charge in [-0.2, -0.15) is 12.7 Å². The van der Waals surface area contributed by atoms with Crippen LogP contribution >= 0.6 is 0 Å². The number of likely N-dealkylation sites (tertiary alicyclic amines) is 1. The molecular weight excluding hydrogens is 873 g/mol. The van der Waals surface area contributed by atoms with Crippen molar-refractivity contribution in [1.29, 1.82) is 0 Å². The molecule has 342 valence electrons. The molecule has 3 saturated heterocycles. The Balaban J connectivity index is 0.853. The van der Waals surface area contributed by atoms with Gasteiger partial charge in [-0.15, -0.1) is 0 Å². The number of nitrogens with zero attached hydrogens (tertiary/aromatic N) is 6. The largest absolute Gasteiger partial charge is 0.374 e. The molecule has 65 heavy (non-hydrogen) atoms. The molecular formula is C44H46F4N10O6S. The highest BCUT2D eigenvalue weighted by molar-refractivity contribution is 7.90. The molecule has 3 amide bonds. The average molecular weight is 919 g/mol. The summed E-state index contributed by atoms with van der Waals surface area (Å²) in [5.41, 5.74) is 0.907. The Morgan fingerprint density at radius 2 is 1.68 bits per heavy atom. The van der Waals surface area contributed by atoms with E-state index in [2.05, 4.69) is 30.3 Å². The number of halogens is 4. The molecule has 2 atom stereocenters. The predicted octanol–water partition coefficient (Wildman–Crippen LogP) is 4.73. The first kappa shape index (κ1) is 45.1. The van der Waals surface area contributed by atoms with Crippen molar-refractivity contribution in [3.05, 3.63) is 102 Å². The molecule has 0 saturated carbocycles. The molecule has 3 aliphatic heterocycles. The maximum atomic E-state index is 15.6. The summed E-state index contributed by atoms with van der Waals surface area (Å²) in [5, 5.41) is 5.61. The van der Waals surface area contributed by atoms with Crippen molar-refractivity contribution in [3.63, 3.8) is 0 Å². The van der Waals surface area contributed by atoms with Crippen LogP contribution in [-0.2, 0) is 24.6 Å². The summed E-state index contributed by atoms with van der Waals surface area (Å²) in [6.07, 6.45) is 5.17. The monoisotopic (exact) mass is 918 g/mol. The Morgan fingerprint density at radius 1 is 0.938 bits per heavy atom. The average Bonchev–Trinajstić information content (AvgIpc) is 3.72. The number of carbonyl (C=O) groups is 4. The van der Waals surface area contributed by atoms with Gasteiger partial charge in [0.05, 0.1) is 30.3 Å². The second kappa shape index (κ2) is 18.2. The van der Waals surface area contributed by atoms with Crippen LogP contribution < -0.4 is 20.3 Å². The highest BCUT2D eigenvalue weighted by atomic mass is 32.2. The second-order valence-corrected chi connectivity index (χ2v) is 18.1. The molecule has 3 aromatic heterocycles. The molecule has 5 aromatic rings. The van der Waals surface area contributed by atoms with E-state index in [0.29, 0.717) is 67.3 Å². The summed E-state index contributed by atoms with van der Waals surface area (Å²) in [7, 11) is -2.89. The van der Waals surface area contributed by atoms with Crippen LogP contribution in [-0.4, -0.2) is 132 Å². The number of carbonyl (C=O) groups excluding carboxylic acids is 4. The third-order valence-electron chi connectivity index (χ3n) is 12.2. The zero-order valence-electron chi connectivity index (χ0n) is 35.4. The number of nitrogens with one attached hydrogen (secondary N) is 4. The van der Waals surface area contributed by atoms with Crippen LogP contribution in [0.2, 0.25) is 0 Å². The van der Waals surface area contributed by atoms with E-state index in [1.54, 1.807) is 66.7 Å². The molecule has 8 rings (SSSR count). The summed E-state index contributed by atoms with van der Waals surface area (Å²) >= 11 is 0. The zero-order valence-corrected chi connectivity index (χ0v) is 36.2. The van der Waals surface area contributed by atoms with Gasteiger partial charge >= 0.3 is 10.2 Å². The topological polar surface area (TPSA) is 193 Å². The first-order valence-electron chi connectivity index (χ1n) is 21.0. The molecule has 3 aliphatic rings. The first-order chi connectivity index (χ1) is 31.0. The van der Waals surface area contributed by atoms with E-state index < -0.39 is 69.2 Å². The predicted molar refractivity (Wildman–Crippen MR) is 234 cm³/mol. The van der Waals surface area contributed by atoms with E-state index in [9.17, 15) is 27.6 Å². The minimum atomic E-state index is -4.17. The Kier molecular flexibility index (Phi) is 12.6. The summed E-state index contributed by atoms with van der Waals surface area (Å²) in [6.45, 7) is 2.93. The number of H-pyrrole nitrogens is 1. The number of imide groups is 1. The van der Waals surface area contributed by atoms with Gasteiger partial charge < -0.3 is 20.1 Å². The number of pyridine rings is 2. The lowest BCUT2D eigenvalue weighted by molar-refractivity contribution is -0.137. The number of piperazine rings is 1.